The van der Waals surface area contributed by atoms with Gasteiger partial charge in [0.2, 0.25) is 10.0 Å². The third-order valence-corrected chi connectivity index (χ3v) is 3.75. The lowest BCUT2D eigenvalue weighted by Gasteiger charge is -2.06. The lowest BCUT2D eigenvalue weighted by molar-refractivity contribution is 0.563. The van der Waals surface area contributed by atoms with Crippen LogP contribution >= 0.6 is 0 Å². The van der Waals surface area contributed by atoms with Crippen molar-refractivity contribution in [3.63, 3.8) is 0 Å². The predicted molar refractivity (Wildman–Crippen MR) is 109 cm³/mol. The Labute approximate surface area is 154 Å². The summed E-state index contributed by atoms with van der Waals surface area (Å²) in [6.45, 7) is 8.00. The van der Waals surface area contributed by atoms with E-state index < -0.39 is 15.6 Å². The molecular weight excluding hydrogens is 350 g/mol. The molecule has 1 aromatic heterocycles. The normalized spacial score (nSPS) is 10.2. The highest BCUT2D eigenvalue weighted by Gasteiger charge is 2.08. The monoisotopic (exact) mass is 375 g/mol. The fraction of sp³-hybridized carbons (Fsp3) is 0.250. The molecule has 3 rings (SSSR count). The van der Waals surface area contributed by atoms with Crippen LogP contribution < -0.4 is 10.3 Å². The number of fused-ring (bicyclic) bond motifs is 1. The predicted octanol–water partition coefficient (Wildman–Crippen LogP) is 4.88. The lowest BCUT2D eigenvalue weighted by Crippen LogP contribution is -2.09. The molecule has 0 aliphatic heterocycles. The van der Waals surface area contributed by atoms with E-state index in [4.69, 9.17) is 4.42 Å². The molecule has 0 amide bonds. The molecule has 0 saturated carbocycles. The molecule has 0 saturated heterocycles. The summed E-state index contributed by atoms with van der Waals surface area (Å²) in [7, 11) is -3.32. The molecule has 2 aromatic carbocycles. The molecule has 0 spiro atoms. The average Bonchev–Trinajstić information content (AvgIpc) is 2.64. The summed E-state index contributed by atoms with van der Waals surface area (Å²) in [6, 6.07) is 15.6. The highest BCUT2D eigenvalue weighted by molar-refractivity contribution is 7.92. The Balaban J connectivity index is 0.000000791. The fourth-order valence-corrected chi connectivity index (χ4v) is 2.76. The van der Waals surface area contributed by atoms with Crippen molar-refractivity contribution in [2.45, 2.75) is 27.7 Å². The van der Waals surface area contributed by atoms with Gasteiger partial charge in [-0.25, -0.2) is 13.2 Å². The summed E-state index contributed by atoms with van der Waals surface area (Å²) in [6.07, 6.45) is 1.08. The quantitative estimate of drug-likeness (QED) is 0.662. The second-order valence-electron chi connectivity index (χ2n) is 4.94. The van der Waals surface area contributed by atoms with Gasteiger partial charge in [-0.1, -0.05) is 58.0 Å². The zero-order chi connectivity index (χ0) is 19.7. The van der Waals surface area contributed by atoms with Gasteiger partial charge in [-0.2, -0.15) is 0 Å². The number of anilines is 1. The molecule has 0 aliphatic carbocycles. The third kappa shape index (κ3) is 5.74. The van der Waals surface area contributed by atoms with Crippen molar-refractivity contribution in [2.24, 2.45) is 0 Å². The lowest BCUT2D eigenvalue weighted by atomic mass is 10.1. The molecule has 0 aliphatic rings. The van der Waals surface area contributed by atoms with Crippen LogP contribution in [0.4, 0.5) is 5.69 Å². The molecule has 26 heavy (non-hydrogen) atoms. The van der Waals surface area contributed by atoms with Gasteiger partial charge >= 0.3 is 5.63 Å². The van der Waals surface area contributed by atoms with Crippen LogP contribution in [0.5, 0.6) is 0 Å². The summed E-state index contributed by atoms with van der Waals surface area (Å²) in [5.41, 5.74) is 1.65. The highest BCUT2D eigenvalue weighted by atomic mass is 32.2. The summed E-state index contributed by atoms with van der Waals surface area (Å²) < 4.78 is 30.0. The molecule has 0 bridgehead atoms. The van der Waals surface area contributed by atoms with Crippen LogP contribution in [-0.2, 0) is 10.0 Å². The number of sulfonamides is 1. The Kier molecular flexibility index (Phi) is 8.06. The van der Waals surface area contributed by atoms with E-state index in [1.165, 1.54) is 0 Å². The number of nitrogens with one attached hydrogen (secondary N) is 1. The molecule has 0 fully saturated rings. The SMILES string of the molecule is CC.CC.CS(=O)(=O)Nc1ccc(-c2cc3ccccc3oc2=O)cc1. The van der Waals surface area contributed by atoms with Gasteiger partial charge in [0.25, 0.3) is 0 Å². The minimum atomic E-state index is -3.32. The van der Waals surface area contributed by atoms with E-state index >= 15 is 0 Å². The Morgan fingerprint density at radius 1 is 0.885 bits per heavy atom. The van der Waals surface area contributed by atoms with Gasteiger partial charge in [-0.3, -0.25) is 4.72 Å². The van der Waals surface area contributed by atoms with Crippen molar-refractivity contribution in [3.05, 3.63) is 65.0 Å². The van der Waals surface area contributed by atoms with Gasteiger partial charge in [0.05, 0.1) is 11.8 Å². The van der Waals surface area contributed by atoms with E-state index in [1.54, 1.807) is 42.5 Å². The smallest absolute Gasteiger partial charge is 0.344 e. The number of para-hydroxylation sites is 1. The van der Waals surface area contributed by atoms with E-state index in [0.29, 0.717) is 22.4 Å². The Morgan fingerprint density at radius 2 is 1.46 bits per heavy atom. The number of hydrogen-bond donors (Lipinski definition) is 1. The third-order valence-electron chi connectivity index (χ3n) is 3.14. The van der Waals surface area contributed by atoms with Crippen molar-refractivity contribution >= 4 is 26.7 Å². The summed E-state index contributed by atoms with van der Waals surface area (Å²) >= 11 is 0. The van der Waals surface area contributed by atoms with Crippen molar-refractivity contribution in [1.29, 1.82) is 0 Å². The van der Waals surface area contributed by atoms with E-state index in [9.17, 15) is 13.2 Å². The Morgan fingerprint density at radius 3 is 2.04 bits per heavy atom. The minimum Gasteiger partial charge on any atom is -0.422 e. The molecule has 140 valence electrons. The summed E-state index contributed by atoms with van der Waals surface area (Å²) in [5.74, 6) is 0. The molecule has 0 unspecified atom stereocenters. The van der Waals surface area contributed by atoms with Gasteiger partial charge in [0, 0.05) is 11.1 Å². The molecule has 6 heteroatoms. The first kappa shape index (κ1) is 21.4. The minimum absolute atomic E-state index is 0.428. The van der Waals surface area contributed by atoms with Crippen molar-refractivity contribution < 1.29 is 12.8 Å². The van der Waals surface area contributed by atoms with Crippen LogP contribution in [0.2, 0.25) is 0 Å². The zero-order valence-electron chi connectivity index (χ0n) is 15.7. The number of rotatable bonds is 3. The van der Waals surface area contributed by atoms with E-state index in [1.807, 2.05) is 39.8 Å². The van der Waals surface area contributed by atoms with Crippen molar-refractivity contribution in [2.75, 3.05) is 11.0 Å². The van der Waals surface area contributed by atoms with Gasteiger partial charge in [0.15, 0.2) is 0 Å². The number of benzene rings is 2. The highest BCUT2D eigenvalue weighted by Crippen LogP contribution is 2.22. The first-order chi connectivity index (χ1) is 12.4. The van der Waals surface area contributed by atoms with E-state index in [-0.39, 0.29) is 0 Å². The number of hydrogen-bond acceptors (Lipinski definition) is 4. The van der Waals surface area contributed by atoms with Gasteiger partial charge in [-0.05, 0) is 29.8 Å². The van der Waals surface area contributed by atoms with Gasteiger partial charge < -0.3 is 4.42 Å². The second kappa shape index (κ2) is 9.77. The second-order valence-corrected chi connectivity index (χ2v) is 6.69. The molecule has 0 atom stereocenters. The maximum absolute atomic E-state index is 12.1. The van der Waals surface area contributed by atoms with Crippen molar-refractivity contribution in [1.82, 2.24) is 0 Å². The van der Waals surface area contributed by atoms with Crippen LogP contribution in [-0.4, -0.2) is 14.7 Å². The largest absolute Gasteiger partial charge is 0.422 e. The average molecular weight is 375 g/mol. The summed E-state index contributed by atoms with van der Waals surface area (Å²) in [4.78, 5) is 12.1. The topological polar surface area (TPSA) is 76.4 Å². The molecule has 3 aromatic rings. The van der Waals surface area contributed by atoms with Gasteiger partial charge in [0.1, 0.15) is 5.58 Å². The Bertz CT molecular complexity index is 990. The first-order valence-electron chi connectivity index (χ1n) is 8.53. The Hall–Kier alpha value is -2.60. The van der Waals surface area contributed by atoms with Crippen LogP contribution in [0.3, 0.4) is 0 Å². The molecule has 1 heterocycles. The molecular formula is C20H25NO4S. The van der Waals surface area contributed by atoms with Crippen LogP contribution in [0.15, 0.2) is 63.8 Å². The maximum Gasteiger partial charge on any atom is 0.344 e. The van der Waals surface area contributed by atoms with Gasteiger partial charge in [-0.15, -0.1) is 0 Å². The van der Waals surface area contributed by atoms with Crippen LogP contribution in [0.25, 0.3) is 22.1 Å². The van der Waals surface area contributed by atoms with Crippen LogP contribution in [0, 0.1) is 0 Å². The maximum atomic E-state index is 12.1. The van der Waals surface area contributed by atoms with E-state index in [2.05, 4.69) is 4.72 Å². The zero-order valence-corrected chi connectivity index (χ0v) is 16.6. The summed E-state index contributed by atoms with van der Waals surface area (Å²) in [5, 5.41) is 0.829. The molecule has 0 radical (unpaired) electrons. The van der Waals surface area contributed by atoms with E-state index in [0.717, 1.165) is 11.6 Å². The standard InChI is InChI=1S/C16H13NO4S.2C2H6/c1-22(19,20)17-13-8-6-11(7-9-13)14-10-12-4-2-3-5-15(12)21-16(14)18;2*1-2/h2-10,17H,1H3;2*1-2H3. The molecule has 5 nitrogen and oxygen atoms in total. The van der Waals surface area contributed by atoms with Crippen LogP contribution in [0.1, 0.15) is 27.7 Å². The fourth-order valence-electron chi connectivity index (χ4n) is 2.20. The van der Waals surface area contributed by atoms with Crippen molar-refractivity contribution in [3.8, 4) is 11.1 Å². The first-order valence-corrected chi connectivity index (χ1v) is 10.4. The molecule has 1 N–H and O–H groups in total.